The van der Waals surface area contributed by atoms with Crippen LogP contribution in [0.2, 0.25) is 0 Å². The summed E-state index contributed by atoms with van der Waals surface area (Å²) in [5, 5.41) is 2.62. The number of hydrogen-bond donors (Lipinski definition) is 2. The van der Waals surface area contributed by atoms with Crippen LogP contribution in [0.1, 0.15) is 16.7 Å². The van der Waals surface area contributed by atoms with E-state index in [1.165, 1.54) is 0 Å². The number of amides is 1. The molecular weight excluding hydrogens is 434 g/mol. The van der Waals surface area contributed by atoms with Gasteiger partial charge in [-0.1, -0.05) is 66.2 Å². The molecule has 0 radical (unpaired) electrons. The maximum Gasteiger partial charge on any atom is 0.240 e. The molecule has 4 rings (SSSR count). The number of carbonyl (C=O) groups is 1. The maximum atomic E-state index is 13.3. The zero-order chi connectivity index (χ0) is 23.6. The highest BCUT2D eigenvalue weighted by Crippen LogP contribution is 2.30. The second-order valence-electron chi connectivity index (χ2n) is 8.10. The fraction of sp³-hybridized carbons (Fsp3) is 0.154. The van der Waals surface area contributed by atoms with E-state index in [2.05, 4.69) is 15.3 Å². The normalized spacial score (nSPS) is 11.4. The molecule has 1 aromatic heterocycles. The highest BCUT2D eigenvalue weighted by atomic mass is 32.2. The lowest BCUT2D eigenvalue weighted by atomic mass is 10.1. The van der Waals surface area contributed by atoms with Gasteiger partial charge in [-0.05, 0) is 44.0 Å². The van der Waals surface area contributed by atoms with Crippen molar-refractivity contribution in [2.24, 2.45) is 0 Å². The Bertz CT molecular complexity index is 1410. The fourth-order valence-electron chi connectivity index (χ4n) is 3.48. The predicted molar refractivity (Wildman–Crippen MR) is 131 cm³/mol. The molecule has 0 bridgehead atoms. The van der Waals surface area contributed by atoms with Crippen LogP contribution in [0.3, 0.4) is 0 Å². The van der Waals surface area contributed by atoms with Crippen LogP contribution in [0.5, 0.6) is 0 Å². The van der Waals surface area contributed by atoms with Gasteiger partial charge in [0.1, 0.15) is 17.3 Å². The largest absolute Gasteiger partial charge is 0.329 e. The Kier molecular flexibility index (Phi) is 6.16. The van der Waals surface area contributed by atoms with Gasteiger partial charge < -0.3 is 10.3 Å². The van der Waals surface area contributed by atoms with Gasteiger partial charge in [0.25, 0.3) is 0 Å². The van der Waals surface area contributed by atoms with Crippen molar-refractivity contribution in [2.45, 2.75) is 25.8 Å². The van der Waals surface area contributed by atoms with Crippen LogP contribution < -0.4 is 5.32 Å². The quantitative estimate of drug-likeness (QED) is 0.421. The third-order valence-electron chi connectivity index (χ3n) is 5.47. The number of nitrogens with zero attached hydrogens (tertiary/aromatic N) is 1. The third-order valence-corrected chi connectivity index (χ3v) is 7.03. The molecule has 1 heterocycles. The molecule has 0 saturated carbocycles. The second-order valence-corrected chi connectivity index (χ2v) is 10.0. The molecule has 0 aliphatic rings. The molecule has 33 heavy (non-hydrogen) atoms. The summed E-state index contributed by atoms with van der Waals surface area (Å²) in [4.78, 5) is 20.2. The molecule has 0 spiro atoms. The summed E-state index contributed by atoms with van der Waals surface area (Å²) in [6.45, 7) is 5.89. The lowest BCUT2D eigenvalue weighted by Crippen LogP contribution is -2.23. The summed E-state index contributed by atoms with van der Waals surface area (Å²) in [7, 11) is -4.00. The number of nitrogens with one attached hydrogen (secondary N) is 2. The molecule has 0 unspecified atom stereocenters. The number of benzene rings is 3. The average Bonchev–Trinajstić information content (AvgIpc) is 3.24. The van der Waals surface area contributed by atoms with Crippen LogP contribution in [-0.2, 0) is 14.6 Å². The zero-order valence-corrected chi connectivity index (χ0v) is 19.5. The number of anilines is 1. The molecule has 168 valence electrons. The molecule has 1 amide bonds. The topological polar surface area (TPSA) is 91.9 Å². The van der Waals surface area contributed by atoms with Gasteiger partial charge in [0.2, 0.25) is 15.7 Å². The van der Waals surface area contributed by atoms with Crippen LogP contribution in [0.4, 0.5) is 5.69 Å². The Hall–Kier alpha value is -3.71. The SMILES string of the molecule is Cc1ccc(-c2nc(-c3ccccc3)c(S(=O)(=O)CC(=O)Nc3ccc(C)c(C)c3)[nH]2)cc1. The Morgan fingerprint density at radius 3 is 2.24 bits per heavy atom. The van der Waals surface area contributed by atoms with Crippen LogP contribution in [0.25, 0.3) is 22.6 Å². The van der Waals surface area contributed by atoms with Crippen LogP contribution in [-0.4, -0.2) is 30.0 Å². The van der Waals surface area contributed by atoms with E-state index in [4.69, 9.17) is 0 Å². The first-order valence-corrected chi connectivity index (χ1v) is 12.2. The minimum absolute atomic E-state index is 0.0699. The number of imidazole rings is 1. The number of carbonyl (C=O) groups excluding carboxylic acids is 1. The lowest BCUT2D eigenvalue weighted by Gasteiger charge is -2.09. The number of aryl methyl sites for hydroxylation is 3. The summed E-state index contributed by atoms with van der Waals surface area (Å²) >= 11 is 0. The van der Waals surface area contributed by atoms with E-state index < -0.39 is 21.5 Å². The van der Waals surface area contributed by atoms with E-state index in [9.17, 15) is 13.2 Å². The number of H-pyrrole nitrogens is 1. The Morgan fingerprint density at radius 1 is 0.879 bits per heavy atom. The molecule has 3 aromatic carbocycles. The highest BCUT2D eigenvalue weighted by molar-refractivity contribution is 7.92. The van der Waals surface area contributed by atoms with Gasteiger partial charge in [-0.15, -0.1) is 0 Å². The van der Waals surface area contributed by atoms with Crippen LogP contribution >= 0.6 is 0 Å². The van der Waals surface area contributed by atoms with E-state index >= 15 is 0 Å². The minimum Gasteiger partial charge on any atom is -0.329 e. The van der Waals surface area contributed by atoms with Gasteiger partial charge in [0.05, 0.1) is 0 Å². The Balaban J connectivity index is 1.68. The first-order chi connectivity index (χ1) is 15.7. The standard InChI is InChI=1S/C26H25N3O3S/c1-17-9-12-21(13-10-17)25-28-24(20-7-5-4-6-8-20)26(29-25)33(31,32)16-23(30)27-22-14-11-18(2)19(3)15-22/h4-15H,16H2,1-3H3,(H,27,30)(H,28,29). The van der Waals surface area contributed by atoms with Crippen molar-refractivity contribution in [3.8, 4) is 22.6 Å². The summed E-state index contributed by atoms with van der Waals surface area (Å²) in [6.07, 6.45) is 0. The Labute approximate surface area is 193 Å². The fourth-order valence-corrected chi connectivity index (χ4v) is 4.76. The first kappa shape index (κ1) is 22.5. The number of aromatic amines is 1. The second kappa shape index (κ2) is 9.03. The van der Waals surface area contributed by atoms with Crippen molar-refractivity contribution >= 4 is 21.4 Å². The summed E-state index contributed by atoms with van der Waals surface area (Å²) in [6, 6.07) is 22.2. The van der Waals surface area contributed by atoms with E-state index in [0.29, 0.717) is 22.8 Å². The van der Waals surface area contributed by atoms with Gasteiger partial charge in [-0.3, -0.25) is 4.79 Å². The minimum atomic E-state index is -4.00. The average molecular weight is 460 g/mol. The lowest BCUT2D eigenvalue weighted by molar-refractivity contribution is -0.113. The first-order valence-electron chi connectivity index (χ1n) is 10.6. The van der Waals surface area contributed by atoms with Crippen molar-refractivity contribution in [3.63, 3.8) is 0 Å². The highest BCUT2D eigenvalue weighted by Gasteiger charge is 2.27. The summed E-state index contributed by atoms with van der Waals surface area (Å²) < 4.78 is 26.6. The molecule has 4 aromatic rings. The molecule has 0 atom stereocenters. The predicted octanol–water partition coefficient (Wildman–Crippen LogP) is 5.08. The molecule has 0 aliphatic heterocycles. The molecule has 0 fully saturated rings. The van der Waals surface area contributed by atoms with Crippen molar-refractivity contribution < 1.29 is 13.2 Å². The molecule has 7 heteroatoms. The smallest absolute Gasteiger partial charge is 0.240 e. The van der Waals surface area contributed by atoms with Gasteiger partial charge >= 0.3 is 0 Å². The van der Waals surface area contributed by atoms with E-state index in [1.807, 2.05) is 75.4 Å². The molecule has 0 saturated heterocycles. The van der Waals surface area contributed by atoms with Crippen molar-refractivity contribution in [3.05, 3.63) is 89.5 Å². The molecular formula is C26H25N3O3S. The van der Waals surface area contributed by atoms with Gasteiger partial charge in [0.15, 0.2) is 5.03 Å². The molecule has 6 nitrogen and oxygen atoms in total. The third kappa shape index (κ3) is 5.04. The van der Waals surface area contributed by atoms with Crippen LogP contribution in [0.15, 0.2) is 77.8 Å². The van der Waals surface area contributed by atoms with Gasteiger partial charge in [0, 0.05) is 16.8 Å². The van der Waals surface area contributed by atoms with Crippen molar-refractivity contribution in [2.75, 3.05) is 11.1 Å². The summed E-state index contributed by atoms with van der Waals surface area (Å²) in [5.41, 5.74) is 5.47. The summed E-state index contributed by atoms with van der Waals surface area (Å²) in [5.74, 6) is -0.874. The van der Waals surface area contributed by atoms with Crippen LogP contribution in [0, 0.1) is 20.8 Å². The molecule has 2 N–H and O–H groups in total. The van der Waals surface area contributed by atoms with E-state index in [-0.39, 0.29) is 5.03 Å². The van der Waals surface area contributed by atoms with E-state index in [0.717, 1.165) is 22.3 Å². The van der Waals surface area contributed by atoms with Gasteiger partial charge in [-0.25, -0.2) is 13.4 Å². The van der Waals surface area contributed by atoms with Crippen molar-refractivity contribution in [1.82, 2.24) is 9.97 Å². The zero-order valence-electron chi connectivity index (χ0n) is 18.7. The number of hydrogen-bond acceptors (Lipinski definition) is 4. The number of rotatable bonds is 6. The monoisotopic (exact) mass is 459 g/mol. The van der Waals surface area contributed by atoms with Crippen molar-refractivity contribution in [1.29, 1.82) is 0 Å². The maximum absolute atomic E-state index is 13.3. The Morgan fingerprint density at radius 2 is 1.58 bits per heavy atom. The molecule has 0 aliphatic carbocycles. The van der Waals surface area contributed by atoms with E-state index in [1.54, 1.807) is 18.2 Å². The van der Waals surface area contributed by atoms with Gasteiger partial charge in [-0.2, -0.15) is 0 Å². The number of aromatic nitrogens is 2. The number of sulfone groups is 1.